The summed E-state index contributed by atoms with van der Waals surface area (Å²) in [5, 5.41) is 0. The number of carbonyl (C=O) groups excluding carboxylic acids is 1. The van der Waals surface area contributed by atoms with Crippen molar-refractivity contribution in [2.24, 2.45) is 0 Å². The molecule has 1 heterocycles. The first-order valence-electron chi connectivity index (χ1n) is 3.54. The molecule has 0 spiro atoms. The van der Waals surface area contributed by atoms with Crippen LogP contribution in [0, 0.1) is 0 Å². The predicted molar refractivity (Wildman–Crippen MR) is 61.9 cm³/mol. The second kappa shape index (κ2) is 7.34. The highest BCUT2D eigenvalue weighted by molar-refractivity contribution is 6.92. The van der Waals surface area contributed by atoms with Crippen molar-refractivity contribution >= 4 is 16.2 Å². The van der Waals surface area contributed by atoms with E-state index in [-0.39, 0.29) is 17.3 Å². The van der Waals surface area contributed by atoms with E-state index in [1.807, 2.05) is 6.92 Å². The average molecular weight is 216 g/mol. The number of hydrogen-bond acceptors (Lipinski definition) is 3. The molecule has 0 aliphatic carbocycles. The van der Waals surface area contributed by atoms with Crippen LogP contribution in [0.4, 0.5) is 0 Å². The van der Waals surface area contributed by atoms with Gasteiger partial charge in [-0.15, -0.1) is 0 Å². The summed E-state index contributed by atoms with van der Waals surface area (Å²) in [6.45, 7) is 5.53. The minimum absolute atomic E-state index is 0. The smallest absolute Gasteiger partial charge is 0.260 e. The zero-order chi connectivity index (χ0) is 8.97. The van der Waals surface area contributed by atoms with Gasteiger partial charge in [-0.25, -0.2) is 0 Å². The van der Waals surface area contributed by atoms with Gasteiger partial charge in [0.05, 0.1) is 6.26 Å². The Kier molecular flexibility index (Phi) is 8.07. The topological polar surface area (TPSA) is 35.5 Å². The molecular formula is C10H17O3P. The summed E-state index contributed by atoms with van der Waals surface area (Å²) in [6, 6.07) is 0. The Morgan fingerprint density at radius 1 is 1.64 bits per heavy atom. The molecule has 0 saturated heterocycles. The highest BCUT2D eigenvalue weighted by atomic mass is 31.0. The van der Waals surface area contributed by atoms with Crippen LogP contribution in [0.2, 0.25) is 0 Å². The maximum atomic E-state index is 9.87. The Morgan fingerprint density at radius 2 is 2.29 bits per heavy atom. The molecule has 14 heavy (non-hydrogen) atoms. The van der Waals surface area contributed by atoms with Gasteiger partial charge in [-0.3, -0.25) is 4.79 Å². The third-order valence-corrected chi connectivity index (χ3v) is 1.45. The molecule has 0 saturated carbocycles. The van der Waals surface area contributed by atoms with Crippen LogP contribution in [0.1, 0.15) is 14.4 Å². The van der Waals surface area contributed by atoms with Crippen LogP contribution in [-0.2, 0) is 14.3 Å². The molecule has 0 aromatic carbocycles. The number of carbonyl (C=O) groups is 1. The molecule has 0 aromatic rings. The lowest BCUT2D eigenvalue weighted by molar-refractivity contribution is -0.104. The van der Waals surface area contributed by atoms with Gasteiger partial charge in [0, 0.05) is 12.2 Å². The van der Waals surface area contributed by atoms with Gasteiger partial charge in [0.25, 0.3) is 6.29 Å². The normalized spacial score (nSPS) is 19.1. The Balaban J connectivity index is 0. The molecule has 4 heteroatoms. The molecule has 2 atom stereocenters. The summed E-state index contributed by atoms with van der Waals surface area (Å²) in [7, 11) is 0. The van der Waals surface area contributed by atoms with Gasteiger partial charge in [0.1, 0.15) is 12.0 Å². The quantitative estimate of drug-likeness (QED) is 0.314. The van der Waals surface area contributed by atoms with Crippen LogP contribution in [0.25, 0.3) is 0 Å². The molecule has 0 amide bonds. The number of ether oxygens (including phenoxy) is 2. The third-order valence-electron chi connectivity index (χ3n) is 1.45. The van der Waals surface area contributed by atoms with Crippen LogP contribution >= 0.6 is 9.90 Å². The molecule has 0 N–H and O–H groups in total. The Hall–Kier alpha value is -1.08. The Bertz CT molecular complexity index is 256. The summed E-state index contributed by atoms with van der Waals surface area (Å²) in [6.07, 6.45) is 4.54. The van der Waals surface area contributed by atoms with E-state index in [1.165, 1.54) is 12.3 Å². The number of allylic oxidation sites excluding steroid dienone is 2. The van der Waals surface area contributed by atoms with Crippen molar-refractivity contribution in [3.05, 3.63) is 36.3 Å². The second-order valence-electron chi connectivity index (χ2n) is 2.36. The third kappa shape index (κ3) is 4.24. The fraction of sp³-hybridized carbons (Fsp3) is 0.300. The lowest BCUT2D eigenvalue weighted by Gasteiger charge is -2.07. The van der Waals surface area contributed by atoms with E-state index in [2.05, 4.69) is 6.58 Å². The van der Waals surface area contributed by atoms with Gasteiger partial charge >= 0.3 is 0 Å². The number of hydrogen-bond donors (Lipinski definition) is 0. The first-order chi connectivity index (χ1) is 5.74. The summed E-state index contributed by atoms with van der Waals surface area (Å²) in [4.78, 5) is 9.87. The second-order valence-corrected chi connectivity index (χ2v) is 2.36. The lowest BCUT2D eigenvalue weighted by atomic mass is 10.3. The molecule has 1 aliphatic rings. The Labute approximate surface area is 88.1 Å². The van der Waals surface area contributed by atoms with E-state index in [4.69, 9.17) is 9.47 Å². The number of aldehydes is 1. The van der Waals surface area contributed by atoms with Gasteiger partial charge in [-0.2, -0.15) is 9.90 Å². The number of rotatable bonds is 3. The maximum Gasteiger partial charge on any atom is 0.260 e. The largest absolute Gasteiger partial charge is 0.459 e. The highest BCUT2D eigenvalue weighted by Crippen LogP contribution is 2.21. The van der Waals surface area contributed by atoms with Crippen molar-refractivity contribution in [3.63, 3.8) is 0 Å². The van der Waals surface area contributed by atoms with Crippen molar-refractivity contribution in [2.75, 3.05) is 0 Å². The molecule has 3 nitrogen and oxygen atoms in total. The molecule has 0 aromatic heterocycles. The fourth-order valence-corrected chi connectivity index (χ4v) is 0.786. The van der Waals surface area contributed by atoms with E-state index >= 15 is 0 Å². The van der Waals surface area contributed by atoms with Gasteiger partial charge in [-0.1, -0.05) is 14.0 Å². The summed E-state index contributed by atoms with van der Waals surface area (Å²) >= 11 is 0. The first-order valence-corrected chi connectivity index (χ1v) is 3.54. The van der Waals surface area contributed by atoms with Crippen molar-refractivity contribution in [3.8, 4) is 0 Å². The van der Waals surface area contributed by atoms with Gasteiger partial charge in [-0.05, 0) is 12.5 Å². The van der Waals surface area contributed by atoms with Crippen LogP contribution in [0.15, 0.2) is 36.3 Å². The first kappa shape index (κ1) is 15.4. The van der Waals surface area contributed by atoms with Gasteiger partial charge < -0.3 is 9.47 Å². The monoisotopic (exact) mass is 216 g/mol. The predicted octanol–water partition coefficient (Wildman–Crippen LogP) is 2.23. The molecule has 0 bridgehead atoms. The highest BCUT2D eigenvalue weighted by Gasteiger charge is 2.16. The van der Waals surface area contributed by atoms with E-state index in [0.717, 1.165) is 5.57 Å². The van der Waals surface area contributed by atoms with Crippen LogP contribution < -0.4 is 0 Å². The molecule has 1 rings (SSSR count). The molecule has 0 fully saturated rings. The zero-order valence-electron chi connectivity index (χ0n) is 7.53. The summed E-state index contributed by atoms with van der Waals surface area (Å²) in [5.41, 5.74) is 0.958. The van der Waals surface area contributed by atoms with Crippen molar-refractivity contribution in [2.45, 2.75) is 20.6 Å². The molecule has 80 valence electrons. The van der Waals surface area contributed by atoms with Crippen molar-refractivity contribution < 1.29 is 14.3 Å². The van der Waals surface area contributed by atoms with E-state index in [9.17, 15) is 4.79 Å². The van der Waals surface area contributed by atoms with Crippen LogP contribution in [0.3, 0.4) is 0 Å². The van der Waals surface area contributed by atoms with Crippen molar-refractivity contribution in [1.82, 2.24) is 0 Å². The van der Waals surface area contributed by atoms with E-state index in [0.29, 0.717) is 12.0 Å². The maximum absolute atomic E-state index is 9.87. The zero-order valence-corrected chi connectivity index (χ0v) is 8.94. The minimum atomic E-state index is -0.436. The lowest BCUT2D eigenvalue weighted by Crippen LogP contribution is -2.04. The van der Waals surface area contributed by atoms with Crippen LogP contribution in [-0.4, -0.2) is 12.6 Å². The standard InChI is InChI=1S/C9H10O3.CH4.H3P/c1-7-6-9(12-8(7)2)11-5-3-4-10;;/h3-6,9H,2H2,1H3;1H4;1H3/b5-3+;;. The SMILES string of the molecule is C.C=C1OC(O/C=C/C=O)C=C1C.P. The van der Waals surface area contributed by atoms with Crippen LogP contribution in [0.5, 0.6) is 0 Å². The summed E-state index contributed by atoms with van der Waals surface area (Å²) < 4.78 is 10.2. The molecular weight excluding hydrogens is 199 g/mol. The molecule has 1 aliphatic heterocycles. The van der Waals surface area contributed by atoms with Crippen molar-refractivity contribution in [1.29, 1.82) is 0 Å². The molecule has 0 radical (unpaired) electrons. The summed E-state index contributed by atoms with van der Waals surface area (Å²) in [5.74, 6) is 0.611. The Morgan fingerprint density at radius 3 is 2.71 bits per heavy atom. The van der Waals surface area contributed by atoms with Gasteiger partial charge in [0.15, 0.2) is 0 Å². The van der Waals surface area contributed by atoms with E-state index < -0.39 is 6.29 Å². The average Bonchev–Trinajstić information content (AvgIpc) is 2.32. The van der Waals surface area contributed by atoms with Gasteiger partial charge in [0.2, 0.25) is 0 Å². The fourth-order valence-electron chi connectivity index (χ4n) is 0.786. The molecule has 2 unspecified atom stereocenters. The van der Waals surface area contributed by atoms with E-state index in [1.54, 1.807) is 6.08 Å². The minimum Gasteiger partial charge on any atom is -0.459 e.